The van der Waals surface area contributed by atoms with E-state index in [1.54, 1.807) is 6.08 Å². The van der Waals surface area contributed by atoms with E-state index in [9.17, 15) is 19.4 Å². The molecule has 50 heavy (non-hydrogen) atoms. The Hall–Kier alpha value is -1.54. The minimum atomic E-state index is -4.59. The summed E-state index contributed by atoms with van der Waals surface area (Å²) in [5.74, 6) is -0.220. The third kappa shape index (κ3) is 34.9. The number of carbonyl (C=O) groups excluding carboxylic acids is 1. The highest BCUT2D eigenvalue weighted by atomic mass is 31.2. The number of aliphatic hydroxyl groups is 1. The third-order valence-corrected chi connectivity index (χ3v) is 9.48. The van der Waals surface area contributed by atoms with Crippen molar-refractivity contribution in [1.29, 1.82) is 0 Å². The van der Waals surface area contributed by atoms with Gasteiger partial charge in [-0.15, -0.1) is 0 Å². The fourth-order valence-electron chi connectivity index (χ4n) is 5.25. The largest absolute Gasteiger partial charge is 0.756 e. The van der Waals surface area contributed by atoms with E-state index >= 15 is 0 Å². The summed E-state index contributed by atoms with van der Waals surface area (Å²) in [7, 11) is 1.23. The number of carbonyl (C=O) groups is 1. The van der Waals surface area contributed by atoms with Gasteiger partial charge in [-0.25, -0.2) is 0 Å². The lowest BCUT2D eigenvalue weighted by molar-refractivity contribution is -0.870. The van der Waals surface area contributed by atoms with Gasteiger partial charge >= 0.3 is 0 Å². The molecular formula is C41H77N2O6P. The second-order valence-corrected chi connectivity index (χ2v) is 16.0. The lowest BCUT2D eigenvalue weighted by Crippen LogP contribution is -2.45. The van der Waals surface area contributed by atoms with Gasteiger partial charge in [-0.05, 0) is 64.2 Å². The first kappa shape index (κ1) is 48.5. The zero-order valence-corrected chi connectivity index (χ0v) is 33.7. The van der Waals surface area contributed by atoms with E-state index in [4.69, 9.17) is 9.05 Å². The lowest BCUT2D eigenvalue weighted by atomic mass is 10.1. The summed E-state index contributed by atoms with van der Waals surface area (Å²) in [6.45, 7) is 4.54. The van der Waals surface area contributed by atoms with E-state index in [-0.39, 0.29) is 12.5 Å². The van der Waals surface area contributed by atoms with Crippen molar-refractivity contribution >= 4 is 13.7 Å². The van der Waals surface area contributed by atoms with Crippen molar-refractivity contribution in [1.82, 2.24) is 5.32 Å². The number of hydrogen-bond donors (Lipinski definition) is 2. The number of rotatable bonds is 35. The van der Waals surface area contributed by atoms with Crippen molar-refractivity contribution < 1.29 is 32.9 Å². The average molecular weight is 725 g/mol. The van der Waals surface area contributed by atoms with E-state index in [0.29, 0.717) is 17.4 Å². The van der Waals surface area contributed by atoms with Crippen LogP contribution in [0.15, 0.2) is 48.6 Å². The van der Waals surface area contributed by atoms with Gasteiger partial charge in [0.1, 0.15) is 13.2 Å². The van der Waals surface area contributed by atoms with Gasteiger partial charge in [-0.2, -0.15) is 0 Å². The SMILES string of the molecule is CCCCC/C=C\C/C=C\CCCCCCCCCC(=O)NC(COP(=O)([O-])OCC[N+](C)(C)C)C(O)/C=C/CC/C=C/CCCCCCC. The van der Waals surface area contributed by atoms with Gasteiger partial charge in [0.15, 0.2) is 0 Å². The second kappa shape index (κ2) is 33.3. The van der Waals surface area contributed by atoms with E-state index in [2.05, 4.69) is 55.6 Å². The number of likely N-dealkylation sites (N-methyl/N-ethyl adjacent to an activating group) is 1. The Morgan fingerprint density at radius 2 is 1.18 bits per heavy atom. The minimum absolute atomic E-state index is 0.00973. The number of phosphoric acid groups is 1. The molecule has 0 aromatic rings. The second-order valence-electron chi connectivity index (χ2n) is 14.6. The number of unbranched alkanes of at least 4 members (excludes halogenated alkanes) is 16. The van der Waals surface area contributed by atoms with Crippen LogP contribution in [0.1, 0.15) is 155 Å². The van der Waals surface area contributed by atoms with Crippen LogP contribution >= 0.6 is 7.82 Å². The molecule has 0 fully saturated rings. The minimum Gasteiger partial charge on any atom is -0.756 e. The summed E-state index contributed by atoms with van der Waals surface area (Å²) in [6.07, 6.45) is 40.1. The highest BCUT2D eigenvalue weighted by Crippen LogP contribution is 2.38. The predicted octanol–water partition coefficient (Wildman–Crippen LogP) is 9.89. The van der Waals surface area contributed by atoms with Crippen LogP contribution in [0.4, 0.5) is 0 Å². The Kier molecular flexibility index (Phi) is 32.3. The maximum absolute atomic E-state index is 12.8. The molecule has 0 aliphatic rings. The Morgan fingerprint density at radius 1 is 0.700 bits per heavy atom. The summed E-state index contributed by atoms with van der Waals surface area (Å²) in [4.78, 5) is 25.2. The van der Waals surface area contributed by atoms with Crippen molar-refractivity contribution in [2.75, 3.05) is 40.9 Å². The molecule has 0 radical (unpaired) electrons. The monoisotopic (exact) mass is 725 g/mol. The molecule has 0 aromatic heterocycles. The van der Waals surface area contributed by atoms with Crippen molar-refractivity contribution in [3.63, 3.8) is 0 Å². The summed E-state index contributed by atoms with van der Waals surface area (Å²) < 4.78 is 23.1. The predicted molar refractivity (Wildman–Crippen MR) is 210 cm³/mol. The van der Waals surface area contributed by atoms with Crippen LogP contribution in [0, 0.1) is 0 Å². The fourth-order valence-corrected chi connectivity index (χ4v) is 5.98. The summed E-state index contributed by atoms with van der Waals surface area (Å²) in [5.41, 5.74) is 0. The first-order chi connectivity index (χ1) is 24.0. The number of phosphoric ester groups is 1. The number of amides is 1. The van der Waals surface area contributed by atoms with E-state index in [0.717, 1.165) is 57.8 Å². The topological polar surface area (TPSA) is 108 Å². The molecule has 0 bridgehead atoms. The van der Waals surface area contributed by atoms with Gasteiger partial charge in [0.2, 0.25) is 5.91 Å². The first-order valence-electron chi connectivity index (χ1n) is 20.0. The van der Waals surface area contributed by atoms with E-state index in [1.807, 2.05) is 27.2 Å². The quantitative estimate of drug-likeness (QED) is 0.0292. The molecule has 0 rings (SSSR count). The average Bonchev–Trinajstić information content (AvgIpc) is 3.06. The van der Waals surface area contributed by atoms with Gasteiger partial charge in [0.25, 0.3) is 7.82 Å². The van der Waals surface area contributed by atoms with E-state index < -0.39 is 26.6 Å². The zero-order chi connectivity index (χ0) is 37.2. The number of hydrogen-bond acceptors (Lipinski definition) is 6. The smallest absolute Gasteiger partial charge is 0.268 e. The number of allylic oxidation sites excluding steroid dienone is 7. The van der Waals surface area contributed by atoms with Gasteiger partial charge in [-0.3, -0.25) is 9.36 Å². The third-order valence-electron chi connectivity index (χ3n) is 8.51. The number of nitrogens with one attached hydrogen (secondary N) is 1. The van der Waals surface area contributed by atoms with Gasteiger partial charge < -0.3 is 28.8 Å². The molecule has 0 aliphatic heterocycles. The summed E-state index contributed by atoms with van der Waals surface area (Å²) in [5, 5.41) is 13.7. The molecule has 292 valence electrons. The van der Waals surface area contributed by atoms with Crippen LogP contribution in [0.2, 0.25) is 0 Å². The Morgan fingerprint density at radius 3 is 1.78 bits per heavy atom. The normalized spacial score (nSPS) is 15.1. The molecule has 0 saturated heterocycles. The van der Waals surface area contributed by atoms with Crippen molar-refractivity contribution in [2.24, 2.45) is 0 Å². The van der Waals surface area contributed by atoms with Crippen LogP contribution in [0.5, 0.6) is 0 Å². The van der Waals surface area contributed by atoms with Crippen LogP contribution in [-0.2, 0) is 18.4 Å². The maximum Gasteiger partial charge on any atom is 0.268 e. The van der Waals surface area contributed by atoms with Crippen LogP contribution < -0.4 is 10.2 Å². The Balaban J connectivity index is 4.52. The molecule has 8 nitrogen and oxygen atoms in total. The molecule has 1 amide bonds. The Bertz CT molecular complexity index is 959. The first-order valence-corrected chi connectivity index (χ1v) is 21.5. The molecule has 2 N–H and O–H groups in total. The molecular weight excluding hydrogens is 647 g/mol. The molecule has 0 saturated carbocycles. The highest BCUT2D eigenvalue weighted by Gasteiger charge is 2.23. The van der Waals surface area contributed by atoms with Crippen molar-refractivity contribution in [3.05, 3.63) is 48.6 Å². The van der Waals surface area contributed by atoms with Crippen LogP contribution in [0.3, 0.4) is 0 Å². The molecule has 0 heterocycles. The van der Waals surface area contributed by atoms with Crippen LogP contribution in [-0.4, -0.2) is 68.5 Å². The summed E-state index contributed by atoms with van der Waals surface area (Å²) in [6, 6.07) is -0.905. The number of quaternary nitrogens is 1. The molecule has 0 aliphatic carbocycles. The van der Waals surface area contributed by atoms with Gasteiger partial charge in [0, 0.05) is 6.42 Å². The van der Waals surface area contributed by atoms with Crippen LogP contribution in [0.25, 0.3) is 0 Å². The van der Waals surface area contributed by atoms with Crippen molar-refractivity contribution in [3.8, 4) is 0 Å². The van der Waals surface area contributed by atoms with E-state index in [1.165, 1.54) is 77.0 Å². The molecule has 0 spiro atoms. The molecule has 0 aromatic carbocycles. The Labute approximate surface area is 308 Å². The van der Waals surface area contributed by atoms with Crippen molar-refractivity contribution in [2.45, 2.75) is 167 Å². The van der Waals surface area contributed by atoms with Gasteiger partial charge in [0.05, 0.1) is 39.9 Å². The van der Waals surface area contributed by atoms with Gasteiger partial charge in [-0.1, -0.05) is 133 Å². The molecule has 3 atom stereocenters. The zero-order valence-electron chi connectivity index (χ0n) is 32.8. The lowest BCUT2D eigenvalue weighted by Gasteiger charge is -2.29. The number of aliphatic hydroxyl groups excluding tert-OH is 1. The fraction of sp³-hybridized carbons (Fsp3) is 0.780. The maximum atomic E-state index is 12.8. The number of nitrogens with zero attached hydrogens (tertiary/aromatic N) is 1. The summed E-state index contributed by atoms with van der Waals surface area (Å²) >= 11 is 0. The standard InChI is InChI=1S/C41H77N2O6P/c1-6-8-10-12-14-16-18-19-20-21-22-23-25-27-29-31-33-35-41(45)42-39(38-49-50(46,47)48-37-36-43(3,4)5)40(44)34-32-30-28-26-24-17-15-13-11-9-7-2/h14,16,19-20,24,26,32,34,39-40,44H,6-13,15,17-18,21-23,25,27-31,33,35-38H2,1-5H3,(H-,42,45,46,47)/b16-14-,20-19-,26-24+,34-32+. The molecule has 3 unspecified atom stereocenters. The molecule has 9 heteroatoms. The highest BCUT2D eigenvalue weighted by molar-refractivity contribution is 7.45.